The van der Waals surface area contributed by atoms with Crippen LogP contribution >= 0.6 is 0 Å². The molecular weight excluding hydrogens is 454 g/mol. The standard InChI is InChI=1S/C25H19N3O7/c1-13-18(24(32)28(25(33)20(13)12-26)8-3-9-34-14(2)29)11-16-5-7-21(35-16)15-4-6-17-19(10-15)23(31)27-22(17)30/h4-7,10-11H,3,8-9H2,1-2H3,(H,27,30,31)/b18-11+. The van der Waals surface area contributed by atoms with Crippen molar-refractivity contribution in [2.75, 3.05) is 13.2 Å². The number of imide groups is 2. The Kier molecular flexibility index (Phi) is 6.16. The van der Waals surface area contributed by atoms with Gasteiger partial charge in [0, 0.05) is 24.6 Å². The third-order valence-electron chi connectivity index (χ3n) is 5.59. The molecule has 10 nitrogen and oxygen atoms in total. The van der Waals surface area contributed by atoms with Gasteiger partial charge in [0.1, 0.15) is 23.2 Å². The van der Waals surface area contributed by atoms with E-state index >= 15 is 0 Å². The van der Waals surface area contributed by atoms with E-state index in [4.69, 9.17) is 9.15 Å². The number of nitriles is 1. The van der Waals surface area contributed by atoms with Crippen LogP contribution in [0.25, 0.3) is 17.4 Å². The zero-order valence-electron chi connectivity index (χ0n) is 18.8. The van der Waals surface area contributed by atoms with Gasteiger partial charge in [0.2, 0.25) is 0 Å². The number of benzene rings is 1. The molecule has 176 valence electrons. The average molecular weight is 473 g/mol. The lowest BCUT2D eigenvalue weighted by atomic mass is 9.94. The van der Waals surface area contributed by atoms with Crippen LogP contribution in [-0.2, 0) is 19.1 Å². The summed E-state index contributed by atoms with van der Waals surface area (Å²) < 4.78 is 10.7. The third-order valence-corrected chi connectivity index (χ3v) is 5.59. The molecule has 1 aromatic heterocycles. The second-order valence-electron chi connectivity index (χ2n) is 7.87. The van der Waals surface area contributed by atoms with Crippen LogP contribution in [0.1, 0.15) is 46.7 Å². The van der Waals surface area contributed by atoms with Crippen molar-refractivity contribution in [3.8, 4) is 17.4 Å². The maximum absolute atomic E-state index is 13.1. The SMILES string of the molecule is CC(=O)OCCCN1C(=O)C(C#N)=C(C)/C(=C\c2ccc(-c3ccc4c(c3)C(=O)NC4=O)o2)C1=O. The number of carbonyl (C=O) groups is 5. The van der Waals surface area contributed by atoms with Gasteiger partial charge < -0.3 is 9.15 Å². The Balaban J connectivity index is 1.62. The van der Waals surface area contributed by atoms with Gasteiger partial charge in [-0.2, -0.15) is 5.26 Å². The monoisotopic (exact) mass is 473 g/mol. The van der Waals surface area contributed by atoms with Crippen LogP contribution in [-0.4, -0.2) is 47.6 Å². The number of amides is 4. The largest absolute Gasteiger partial charge is 0.466 e. The van der Waals surface area contributed by atoms with Gasteiger partial charge in [0.25, 0.3) is 23.6 Å². The lowest BCUT2D eigenvalue weighted by Gasteiger charge is -2.27. The highest BCUT2D eigenvalue weighted by atomic mass is 16.5. The van der Waals surface area contributed by atoms with Crippen molar-refractivity contribution in [2.24, 2.45) is 0 Å². The summed E-state index contributed by atoms with van der Waals surface area (Å²) in [4.78, 5) is 61.3. The molecular formula is C25H19N3O7. The molecule has 0 aliphatic carbocycles. The number of hydrogen-bond donors (Lipinski definition) is 1. The number of ether oxygens (including phenoxy) is 1. The summed E-state index contributed by atoms with van der Waals surface area (Å²) in [6.45, 7) is 2.77. The summed E-state index contributed by atoms with van der Waals surface area (Å²) in [5, 5.41) is 11.7. The van der Waals surface area contributed by atoms with Crippen LogP contribution < -0.4 is 5.32 Å². The number of hydrogen-bond acceptors (Lipinski definition) is 8. The van der Waals surface area contributed by atoms with Gasteiger partial charge in [-0.3, -0.25) is 34.2 Å². The molecule has 2 aliphatic rings. The fourth-order valence-corrected chi connectivity index (χ4v) is 3.82. The highest BCUT2D eigenvalue weighted by molar-refractivity contribution is 6.22. The van der Waals surface area contributed by atoms with Gasteiger partial charge in [0.15, 0.2) is 0 Å². The van der Waals surface area contributed by atoms with Gasteiger partial charge in [-0.1, -0.05) is 6.07 Å². The van der Waals surface area contributed by atoms with Crippen molar-refractivity contribution >= 4 is 35.7 Å². The lowest BCUT2D eigenvalue weighted by molar-refractivity contribution is -0.141. The van der Waals surface area contributed by atoms with Crippen molar-refractivity contribution in [1.82, 2.24) is 10.2 Å². The highest BCUT2D eigenvalue weighted by Gasteiger charge is 2.35. The van der Waals surface area contributed by atoms with Crippen LogP contribution in [0.4, 0.5) is 0 Å². The van der Waals surface area contributed by atoms with Crippen molar-refractivity contribution in [1.29, 1.82) is 5.26 Å². The number of carbonyl (C=O) groups excluding carboxylic acids is 5. The number of esters is 1. The minimum atomic E-state index is -0.707. The Labute approximate surface area is 199 Å². The van der Waals surface area contributed by atoms with Crippen molar-refractivity contribution in [3.05, 3.63) is 63.9 Å². The molecule has 10 heteroatoms. The fraction of sp³-hybridized carbons (Fsp3) is 0.200. The normalized spacial score (nSPS) is 16.5. The Morgan fingerprint density at radius 3 is 2.57 bits per heavy atom. The van der Waals surface area contributed by atoms with Crippen LogP contribution in [0.15, 0.2) is 51.5 Å². The molecule has 35 heavy (non-hydrogen) atoms. The molecule has 0 fully saturated rings. The molecule has 0 bridgehead atoms. The molecule has 3 heterocycles. The summed E-state index contributed by atoms with van der Waals surface area (Å²) >= 11 is 0. The van der Waals surface area contributed by atoms with E-state index in [1.165, 1.54) is 26.0 Å². The summed E-state index contributed by atoms with van der Waals surface area (Å²) in [6.07, 6.45) is 1.66. The molecule has 4 rings (SSSR count). The first-order valence-corrected chi connectivity index (χ1v) is 10.6. The molecule has 0 unspecified atom stereocenters. The van der Waals surface area contributed by atoms with E-state index < -0.39 is 29.6 Å². The fourth-order valence-electron chi connectivity index (χ4n) is 3.82. The topological polar surface area (TPSA) is 147 Å². The van der Waals surface area contributed by atoms with Gasteiger partial charge in [-0.15, -0.1) is 0 Å². The second kappa shape index (κ2) is 9.23. The zero-order chi connectivity index (χ0) is 25.3. The van der Waals surface area contributed by atoms with Gasteiger partial charge >= 0.3 is 5.97 Å². The molecule has 4 amide bonds. The van der Waals surface area contributed by atoms with E-state index in [9.17, 15) is 29.2 Å². The Hall–Kier alpha value is -4.78. The first-order valence-electron chi connectivity index (χ1n) is 10.6. The Morgan fingerprint density at radius 1 is 1.11 bits per heavy atom. The van der Waals surface area contributed by atoms with Crippen molar-refractivity contribution in [2.45, 2.75) is 20.3 Å². The van der Waals surface area contributed by atoms with Gasteiger partial charge in [-0.05, 0) is 49.3 Å². The molecule has 1 aromatic carbocycles. The molecule has 0 spiro atoms. The summed E-state index contributed by atoms with van der Waals surface area (Å²) in [5.74, 6) is -2.04. The van der Waals surface area contributed by atoms with Gasteiger partial charge in [-0.25, -0.2) is 0 Å². The smallest absolute Gasteiger partial charge is 0.302 e. The molecule has 0 atom stereocenters. The molecule has 2 aliphatic heterocycles. The lowest BCUT2D eigenvalue weighted by Crippen LogP contribution is -2.43. The summed E-state index contributed by atoms with van der Waals surface area (Å²) in [7, 11) is 0. The average Bonchev–Trinajstić information content (AvgIpc) is 3.40. The predicted molar refractivity (Wildman–Crippen MR) is 120 cm³/mol. The number of nitrogens with zero attached hydrogens (tertiary/aromatic N) is 2. The minimum Gasteiger partial charge on any atom is -0.466 e. The van der Waals surface area contributed by atoms with Crippen LogP contribution in [0.2, 0.25) is 0 Å². The van der Waals surface area contributed by atoms with E-state index in [0.717, 1.165) is 4.90 Å². The molecule has 0 radical (unpaired) electrons. The second-order valence-corrected chi connectivity index (χ2v) is 7.87. The number of rotatable bonds is 6. The maximum atomic E-state index is 13.1. The summed E-state index contributed by atoms with van der Waals surface area (Å²) in [5.41, 5.74) is 1.26. The van der Waals surface area contributed by atoms with E-state index in [0.29, 0.717) is 11.3 Å². The minimum absolute atomic E-state index is 0.0277. The third kappa shape index (κ3) is 4.39. The number of fused-ring (bicyclic) bond motifs is 1. The Bertz CT molecular complexity index is 1400. The van der Waals surface area contributed by atoms with Crippen LogP contribution in [0, 0.1) is 11.3 Å². The van der Waals surface area contributed by atoms with Crippen molar-refractivity contribution in [3.63, 3.8) is 0 Å². The maximum Gasteiger partial charge on any atom is 0.302 e. The Morgan fingerprint density at radius 2 is 1.86 bits per heavy atom. The first kappa shape index (κ1) is 23.4. The first-order chi connectivity index (χ1) is 16.7. The van der Waals surface area contributed by atoms with Crippen LogP contribution in [0.3, 0.4) is 0 Å². The van der Waals surface area contributed by atoms with Gasteiger partial charge in [0.05, 0.1) is 17.7 Å². The van der Waals surface area contributed by atoms with Crippen molar-refractivity contribution < 1.29 is 33.1 Å². The summed E-state index contributed by atoms with van der Waals surface area (Å²) in [6, 6.07) is 9.81. The number of nitrogens with one attached hydrogen (secondary N) is 1. The zero-order valence-corrected chi connectivity index (χ0v) is 18.8. The molecule has 1 N–H and O–H groups in total. The predicted octanol–water partition coefficient (Wildman–Crippen LogP) is 2.38. The molecule has 2 aromatic rings. The van der Waals surface area contributed by atoms with E-state index in [-0.39, 0.29) is 53.2 Å². The quantitative estimate of drug-likeness (QED) is 0.291. The molecule has 0 saturated carbocycles. The highest BCUT2D eigenvalue weighted by Crippen LogP contribution is 2.30. The molecule has 0 saturated heterocycles. The van der Waals surface area contributed by atoms with E-state index in [1.807, 2.05) is 6.07 Å². The number of furan rings is 1. The van der Waals surface area contributed by atoms with E-state index in [1.54, 1.807) is 24.3 Å². The van der Waals surface area contributed by atoms with E-state index in [2.05, 4.69) is 5.32 Å². The van der Waals surface area contributed by atoms with Crippen LogP contribution in [0.5, 0.6) is 0 Å².